The lowest BCUT2D eigenvalue weighted by Gasteiger charge is -2.35. The summed E-state index contributed by atoms with van der Waals surface area (Å²) >= 11 is 0. The molecule has 4 heteroatoms. The van der Waals surface area contributed by atoms with Crippen LogP contribution in [0.15, 0.2) is 0 Å². The minimum Gasteiger partial charge on any atom is -0.381 e. The maximum atomic E-state index is 6.09. The van der Waals surface area contributed by atoms with Crippen LogP contribution in [0.5, 0.6) is 0 Å². The van der Waals surface area contributed by atoms with Gasteiger partial charge in [0.1, 0.15) is 0 Å². The average Bonchev–Trinajstić information content (AvgIpc) is 3.41. The zero-order chi connectivity index (χ0) is 17.6. The van der Waals surface area contributed by atoms with Crippen molar-refractivity contribution in [3.8, 4) is 0 Å². The fourth-order valence-electron chi connectivity index (χ4n) is 4.94. The first-order valence-electron chi connectivity index (χ1n) is 10.7. The maximum Gasteiger partial charge on any atom is 0.0495 e. The van der Waals surface area contributed by atoms with Crippen LogP contribution in [0, 0.1) is 23.7 Å². The first-order chi connectivity index (χ1) is 12.2. The summed E-state index contributed by atoms with van der Waals surface area (Å²) in [6, 6.07) is 0. The number of ether oxygens (including phenoxy) is 1. The van der Waals surface area contributed by atoms with Crippen molar-refractivity contribution in [2.45, 2.75) is 64.5 Å². The molecule has 3 aliphatic rings. The van der Waals surface area contributed by atoms with Gasteiger partial charge in [-0.05, 0) is 87.6 Å². The third kappa shape index (κ3) is 5.79. The second-order valence-electron chi connectivity index (χ2n) is 8.61. The van der Waals surface area contributed by atoms with Crippen molar-refractivity contribution in [2.75, 3.05) is 39.4 Å². The molecule has 1 aliphatic carbocycles. The van der Waals surface area contributed by atoms with Gasteiger partial charge in [0.15, 0.2) is 0 Å². The Hall–Kier alpha value is 0.1000. The maximum absolute atomic E-state index is 6.09. The van der Waals surface area contributed by atoms with Crippen LogP contribution in [0.4, 0.5) is 0 Å². The number of nitrogens with one attached hydrogen (secondary N) is 1. The molecular weight excluding hydrogens is 328 g/mol. The van der Waals surface area contributed by atoms with Crippen LogP contribution in [0.2, 0.25) is 0 Å². The highest BCUT2D eigenvalue weighted by molar-refractivity contribution is 8.13. The summed E-state index contributed by atoms with van der Waals surface area (Å²) in [6.07, 6.45) is 8.27. The largest absolute Gasteiger partial charge is 0.381 e. The van der Waals surface area contributed by atoms with E-state index in [0.29, 0.717) is 10.7 Å². The van der Waals surface area contributed by atoms with Gasteiger partial charge in [0, 0.05) is 31.6 Å². The molecule has 3 atom stereocenters. The zero-order valence-electron chi connectivity index (χ0n) is 16.7. The van der Waals surface area contributed by atoms with Crippen molar-refractivity contribution < 1.29 is 4.74 Å². The van der Waals surface area contributed by atoms with Crippen LogP contribution >= 0.6 is 10.7 Å². The van der Waals surface area contributed by atoms with Crippen molar-refractivity contribution in [2.24, 2.45) is 23.7 Å². The topological polar surface area (TPSA) is 24.5 Å². The summed E-state index contributed by atoms with van der Waals surface area (Å²) < 4.78 is 8.80. The summed E-state index contributed by atoms with van der Waals surface area (Å²) in [5.41, 5.74) is 0. The fraction of sp³-hybridized carbons (Fsp3) is 0.952. The highest BCUT2D eigenvalue weighted by Crippen LogP contribution is 2.49. The molecule has 3 fully saturated rings. The summed E-state index contributed by atoms with van der Waals surface area (Å²) in [6.45, 7) is 14.0. The molecule has 0 aromatic carbocycles. The molecule has 0 spiro atoms. The van der Waals surface area contributed by atoms with Gasteiger partial charge in [-0.1, -0.05) is 13.8 Å². The minimum absolute atomic E-state index is 0.367. The molecule has 146 valence electrons. The van der Waals surface area contributed by atoms with E-state index in [1.807, 2.05) is 0 Å². The van der Waals surface area contributed by atoms with Crippen molar-refractivity contribution in [3.05, 3.63) is 0 Å². The highest BCUT2D eigenvalue weighted by atomic mass is 32.2. The Morgan fingerprint density at radius 1 is 1.16 bits per heavy atom. The number of piperidine rings is 2. The number of hydrogen-bond acceptors (Lipinski definition) is 3. The normalized spacial score (nSPS) is 30.9. The van der Waals surface area contributed by atoms with Crippen LogP contribution in [0.1, 0.15) is 59.3 Å². The van der Waals surface area contributed by atoms with Gasteiger partial charge in [0.05, 0.1) is 0 Å². The van der Waals surface area contributed by atoms with E-state index in [9.17, 15) is 0 Å². The van der Waals surface area contributed by atoms with Gasteiger partial charge < -0.3 is 10.1 Å². The van der Waals surface area contributed by atoms with Crippen molar-refractivity contribution in [1.82, 2.24) is 9.62 Å². The number of hydrogen-bond donors (Lipinski definition) is 1. The quantitative estimate of drug-likeness (QED) is 0.514. The Bertz CT molecular complexity index is 426. The van der Waals surface area contributed by atoms with Crippen LogP contribution in [0.25, 0.3) is 0 Å². The van der Waals surface area contributed by atoms with Gasteiger partial charge in [-0.3, -0.25) is 4.31 Å². The monoisotopic (exact) mass is 368 g/mol. The fourth-order valence-corrected chi connectivity index (χ4v) is 7.01. The predicted molar refractivity (Wildman–Crippen MR) is 111 cm³/mol. The van der Waals surface area contributed by atoms with E-state index in [0.717, 1.165) is 42.1 Å². The lowest BCUT2D eigenvalue weighted by atomic mass is 9.91. The smallest absolute Gasteiger partial charge is 0.0495 e. The molecule has 25 heavy (non-hydrogen) atoms. The van der Waals surface area contributed by atoms with E-state index in [-0.39, 0.29) is 0 Å². The van der Waals surface area contributed by atoms with Gasteiger partial charge in [-0.2, -0.15) is 0 Å². The molecule has 0 bridgehead atoms. The van der Waals surface area contributed by atoms with E-state index >= 15 is 0 Å². The molecule has 1 saturated carbocycles. The molecule has 0 aromatic rings. The van der Waals surface area contributed by atoms with E-state index in [1.165, 1.54) is 64.7 Å². The third-order valence-electron chi connectivity index (χ3n) is 6.55. The lowest BCUT2D eigenvalue weighted by Crippen LogP contribution is -2.33. The summed E-state index contributed by atoms with van der Waals surface area (Å²) in [5.74, 6) is 3.83. The third-order valence-corrected chi connectivity index (χ3v) is 8.96. The molecule has 2 heterocycles. The first-order valence-corrected chi connectivity index (χ1v) is 12.0. The Morgan fingerprint density at radius 3 is 2.52 bits per heavy atom. The number of rotatable bonds is 8. The van der Waals surface area contributed by atoms with Gasteiger partial charge in [-0.15, -0.1) is 10.7 Å². The Balaban J connectivity index is 1.25. The molecule has 2 aliphatic heterocycles. The molecule has 2 saturated heterocycles. The Labute approximate surface area is 158 Å². The Morgan fingerprint density at radius 2 is 1.88 bits per heavy atom. The number of nitrogens with zero attached hydrogens (tertiary/aromatic N) is 1. The van der Waals surface area contributed by atoms with Crippen LogP contribution in [-0.4, -0.2) is 54.3 Å². The standard InChI is InChI=1S/C21H40N2OS/c1-4-25(17(2)3)23-12-7-18(8-13-23)16-24-14-9-20-15-21(20)19-5-10-22-11-6-19/h4,17-22H,5-16H2,1-3H3/t20-,21-,25?/m1/s1. The minimum atomic E-state index is 0.367. The van der Waals surface area contributed by atoms with Crippen LogP contribution in [-0.2, 0) is 4.74 Å². The van der Waals surface area contributed by atoms with E-state index in [2.05, 4.69) is 35.8 Å². The first kappa shape index (κ1) is 19.9. The second kappa shape index (κ2) is 9.87. The summed E-state index contributed by atoms with van der Waals surface area (Å²) in [7, 11) is 0.367. The van der Waals surface area contributed by atoms with Gasteiger partial charge >= 0.3 is 0 Å². The molecule has 0 amide bonds. The molecule has 0 radical (unpaired) electrons. The van der Waals surface area contributed by atoms with Crippen molar-refractivity contribution >= 4 is 16.0 Å². The van der Waals surface area contributed by atoms with Gasteiger partial charge in [0.25, 0.3) is 0 Å². The predicted octanol–water partition coefficient (Wildman–Crippen LogP) is 4.16. The van der Waals surface area contributed by atoms with Gasteiger partial charge in [0.2, 0.25) is 0 Å². The highest BCUT2D eigenvalue weighted by Gasteiger charge is 2.42. The van der Waals surface area contributed by atoms with E-state index in [4.69, 9.17) is 4.74 Å². The van der Waals surface area contributed by atoms with E-state index in [1.54, 1.807) is 0 Å². The Kier molecular flexibility index (Phi) is 7.84. The molecule has 0 aromatic heterocycles. The molecule has 1 unspecified atom stereocenters. The van der Waals surface area contributed by atoms with Crippen LogP contribution < -0.4 is 5.32 Å². The SMILES string of the molecule is C/C=S(\C(C)C)N1CCC(COCC[C@@H]2C[C@@H]2C2CCNCC2)CC1. The molecule has 3 rings (SSSR count). The lowest BCUT2D eigenvalue weighted by molar-refractivity contribution is 0.0754. The van der Waals surface area contributed by atoms with Crippen molar-refractivity contribution in [1.29, 1.82) is 0 Å². The van der Waals surface area contributed by atoms with Gasteiger partial charge in [-0.25, -0.2) is 0 Å². The summed E-state index contributed by atoms with van der Waals surface area (Å²) in [4.78, 5) is 0. The summed E-state index contributed by atoms with van der Waals surface area (Å²) in [5, 5.41) is 6.66. The second-order valence-corrected chi connectivity index (χ2v) is 11.2. The average molecular weight is 369 g/mol. The van der Waals surface area contributed by atoms with Crippen LogP contribution in [0.3, 0.4) is 0 Å². The van der Waals surface area contributed by atoms with E-state index < -0.39 is 0 Å². The molecular formula is C21H40N2OS. The molecule has 3 nitrogen and oxygen atoms in total. The zero-order valence-corrected chi connectivity index (χ0v) is 17.5. The van der Waals surface area contributed by atoms with Crippen molar-refractivity contribution in [3.63, 3.8) is 0 Å². The molecule has 1 N–H and O–H groups in total.